The van der Waals surface area contributed by atoms with Gasteiger partial charge < -0.3 is 5.73 Å². The summed E-state index contributed by atoms with van der Waals surface area (Å²) in [6.07, 6.45) is 10.8. The van der Waals surface area contributed by atoms with Crippen molar-refractivity contribution in [1.29, 1.82) is 0 Å². The summed E-state index contributed by atoms with van der Waals surface area (Å²) in [5, 5.41) is 4.71. The highest BCUT2D eigenvalue weighted by Crippen LogP contribution is 2.28. The van der Waals surface area contributed by atoms with Crippen LogP contribution in [0.4, 0.5) is 0 Å². The lowest BCUT2D eigenvalue weighted by molar-refractivity contribution is 0.411. The highest BCUT2D eigenvalue weighted by atomic mass is 15.3. The maximum absolute atomic E-state index is 6.25. The molecule has 0 aliphatic heterocycles. The molecule has 0 aromatic carbocycles. The van der Waals surface area contributed by atoms with Gasteiger partial charge in [0.25, 0.3) is 0 Å². The monoisotopic (exact) mass is 249 g/mol. The Kier molecular flexibility index (Phi) is 4.81. The summed E-state index contributed by atoms with van der Waals surface area (Å²) in [5.74, 6) is 0.589. The van der Waals surface area contributed by atoms with E-state index in [1.807, 2.05) is 0 Å². The second-order valence-electron chi connectivity index (χ2n) is 5.86. The highest BCUT2D eigenvalue weighted by molar-refractivity contribution is 5.03. The molecule has 1 aromatic rings. The smallest absolute Gasteiger partial charge is 0.0640 e. The second kappa shape index (κ2) is 6.37. The van der Waals surface area contributed by atoms with Crippen molar-refractivity contribution in [2.24, 2.45) is 11.7 Å². The van der Waals surface area contributed by atoms with Gasteiger partial charge in [0, 0.05) is 18.7 Å². The Hall–Kier alpha value is -0.830. The van der Waals surface area contributed by atoms with Gasteiger partial charge in [0.1, 0.15) is 0 Å². The molecule has 2 unspecified atom stereocenters. The first-order chi connectivity index (χ1) is 8.70. The minimum atomic E-state index is 0.247. The maximum Gasteiger partial charge on any atom is 0.0640 e. The van der Waals surface area contributed by atoms with Gasteiger partial charge >= 0.3 is 0 Å². The fourth-order valence-corrected chi connectivity index (χ4v) is 2.97. The van der Waals surface area contributed by atoms with Gasteiger partial charge in [-0.3, -0.25) is 4.68 Å². The summed E-state index contributed by atoms with van der Waals surface area (Å²) in [4.78, 5) is 0. The van der Waals surface area contributed by atoms with Crippen LogP contribution in [0.5, 0.6) is 0 Å². The predicted molar refractivity (Wildman–Crippen MR) is 75.5 cm³/mol. The molecule has 1 saturated carbocycles. The third-order valence-electron chi connectivity index (χ3n) is 4.28. The number of nitrogens with two attached hydrogens (primary N) is 1. The van der Waals surface area contributed by atoms with Gasteiger partial charge in [-0.1, -0.05) is 33.1 Å². The lowest BCUT2D eigenvalue weighted by Crippen LogP contribution is -2.30. The van der Waals surface area contributed by atoms with Crippen LogP contribution in [0.1, 0.15) is 64.1 Å². The molecule has 18 heavy (non-hydrogen) atoms. The van der Waals surface area contributed by atoms with Gasteiger partial charge in [-0.15, -0.1) is 0 Å². The minimum absolute atomic E-state index is 0.247. The van der Waals surface area contributed by atoms with E-state index in [0.29, 0.717) is 12.0 Å². The van der Waals surface area contributed by atoms with E-state index >= 15 is 0 Å². The quantitative estimate of drug-likeness (QED) is 0.840. The molecule has 0 amide bonds. The molecule has 0 radical (unpaired) electrons. The lowest BCUT2D eigenvalue weighted by atomic mass is 9.94. The van der Waals surface area contributed by atoms with Crippen molar-refractivity contribution in [3.63, 3.8) is 0 Å². The average molecular weight is 249 g/mol. The fraction of sp³-hybridized carbons (Fsp3) is 0.800. The van der Waals surface area contributed by atoms with Crippen molar-refractivity contribution in [3.8, 4) is 0 Å². The van der Waals surface area contributed by atoms with Crippen molar-refractivity contribution >= 4 is 0 Å². The van der Waals surface area contributed by atoms with Crippen molar-refractivity contribution in [3.05, 3.63) is 18.0 Å². The molecule has 2 N–H and O–H groups in total. The number of hydrogen-bond donors (Lipinski definition) is 1. The first-order valence-electron chi connectivity index (χ1n) is 7.50. The SMILES string of the molecule is CCCC(C)C(N)Cc1ccn(C2CCCC2)n1. The molecule has 1 aliphatic rings. The normalized spacial score (nSPS) is 20.2. The molecule has 2 atom stereocenters. The molecule has 2 rings (SSSR count). The molecule has 1 aromatic heterocycles. The molecule has 0 spiro atoms. The van der Waals surface area contributed by atoms with Crippen molar-refractivity contribution < 1.29 is 0 Å². The molecular formula is C15H27N3. The molecule has 1 aliphatic carbocycles. The van der Waals surface area contributed by atoms with Crippen LogP contribution in [-0.2, 0) is 6.42 Å². The number of rotatable bonds is 6. The van der Waals surface area contributed by atoms with E-state index in [1.54, 1.807) is 0 Å². The van der Waals surface area contributed by atoms with E-state index in [2.05, 4.69) is 30.8 Å². The zero-order valence-electron chi connectivity index (χ0n) is 11.8. The maximum atomic E-state index is 6.25. The lowest BCUT2D eigenvalue weighted by Gasteiger charge is -2.18. The van der Waals surface area contributed by atoms with Gasteiger partial charge in [-0.05, 0) is 31.2 Å². The summed E-state index contributed by atoms with van der Waals surface area (Å²) in [5.41, 5.74) is 7.41. The molecule has 3 heteroatoms. The Morgan fingerprint density at radius 2 is 2.17 bits per heavy atom. The zero-order chi connectivity index (χ0) is 13.0. The summed E-state index contributed by atoms with van der Waals surface area (Å²) < 4.78 is 2.17. The van der Waals surface area contributed by atoms with Crippen LogP contribution in [0.3, 0.4) is 0 Å². The van der Waals surface area contributed by atoms with Gasteiger partial charge in [0.15, 0.2) is 0 Å². The van der Waals surface area contributed by atoms with E-state index in [0.717, 1.165) is 12.1 Å². The summed E-state index contributed by atoms with van der Waals surface area (Å²) >= 11 is 0. The highest BCUT2D eigenvalue weighted by Gasteiger charge is 2.19. The van der Waals surface area contributed by atoms with Crippen LogP contribution in [0.15, 0.2) is 12.3 Å². The Labute approximate surface area is 111 Å². The molecule has 102 valence electrons. The third kappa shape index (κ3) is 3.35. The summed E-state index contributed by atoms with van der Waals surface area (Å²) in [7, 11) is 0. The Morgan fingerprint density at radius 1 is 1.44 bits per heavy atom. The van der Waals surface area contributed by atoms with E-state index in [9.17, 15) is 0 Å². The molecular weight excluding hydrogens is 222 g/mol. The van der Waals surface area contributed by atoms with E-state index < -0.39 is 0 Å². The topological polar surface area (TPSA) is 43.8 Å². The first-order valence-corrected chi connectivity index (χ1v) is 7.50. The van der Waals surface area contributed by atoms with Crippen LogP contribution in [0, 0.1) is 5.92 Å². The first kappa shape index (κ1) is 13.6. The van der Waals surface area contributed by atoms with Gasteiger partial charge in [-0.2, -0.15) is 5.10 Å². The van der Waals surface area contributed by atoms with Gasteiger partial charge in [0.2, 0.25) is 0 Å². The summed E-state index contributed by atoms with van der Waals surface area (Å²) in [6.45, 7) is 4.47. The van der Waals surface area contributed by atoms with Gasteiger partial charge in [-0.25, -0.2) is 0 Å². The molecule has 1 heterocycles. The number of nitrogens with zero attached hydrogens (tertiary/aromatic N) is 2. The summed E-state index contributed by atoms with van der Waals surface area (Å²) in [6, 6.07) is 3.04. The van der Waals surface area contributed by atoms with Crippen molar-refractivity contribution in [2.45, 2.75) is 70.9 Å². The van der Waals surface area contributed by atoms with Crippen LogP contribution in [-0.4, -0.2) is 15.8 Å². The zero-order valence-corrected chi connectivity index (χ0v) is 11.8. The molecule has 0 saturated heterocycles. The van der Waals surface area contributed by atoms with Crippen LogP contribution >= 0.6 is 0 Å². The Bertz CT molecular complexity index is 352. The largest absolute Gasteiger partial charge is 0.327 e. The van der Waals surface area contributed by atoms with E-state index in [4.69, 9.17) is 10.8 Å². The van der Waals surface area contributed by atoms with E-state index in [-0.39, 0.29) is 6.04 Å². The van der Waals surface area contributed by atoms with Crippen molar-refractivity contribution in [1.82, 2.24) is 9.78 Å². The number of aromatic nitrogens is 2. The standard InChI is InChI=1S/C15H27N3/c1-3-6-12(2)15(16)11-13-9-10-18(17-13)14-7-4-5-8-14/h9-10,12,14-15H,3-8,11,16H2,1-2H3. The van der Waals surface area contributed by atoms with Crippen LogP contribution in [0.25, 0.3) is 0 Å². The van der Waals surface area contributed by atoms with E-state index in [1.165, 1.54) is 38.5 Å². The Balaban J connectivity index is 1.89. The van der Waals surface area contributed by atoms with Crippen molar-refractivity contribution in [2.75, 3.05) is 0 Å². The molecule has 3 nitrogen and oxygen atoms in total. The molecule has 1 fully saturated rings. The Morgan fingerprint density at radius 3 is 2.83 bits per heavy atom. The number of hydrogen-bond acceptors (Lipinski definition) is 2. The fourth-order valence-electron chi connectivity index (χ4n) is 2.97. The third-order valence-corrected chi connectivity index (χ3v) is 4.28. The minimum Gasteiger partial charge on any atom is -0.327 e. The predicted octanol–water partition coefficient (Wildman–Crippen LogP) is 3.30. The van der Waals surface area contributed by atoms with Crippen LogP contribution in [0.2, 0.25) is 0 Å². The van der Waals surface area contributed by atoms with Crippen LogP contribution < -0.4 is 5.73 Å². The molecule has 0 bridgehead atoms. The van der Waals surface area contributed by atoms with Gasteiger partial charge in [0.05, 0.1) is 11.7 Å². The second-order valence-corrected chi connectivity index (χ2v) is 5.86. The average Bonchev–Trinajstić information content (AvgIpc) is 2.98.